The number of ether oxygens (including phenoxy) is 1. The molecular formula is C21H21BrN2O3S2. The Morgan fingerprint density at radius 3 is 2.62 bits per heavy atom. The van der Waals surface area contributed by atoms with Gasteiger partial charge in [0, 0.05) is 42.3 Å². The molecule has 1 aromatic heterocycles. The van der Waals surface area contributed by atoms with Crippen LogP contribution in [0.3, 0.4) is 0 Å². The van der Waals surface area contributed by atoms with Crippen LogP contribution in [0.15, 0.2) is 50.2 Å². The average molecular weight is 493 g/mol. The lowest BCUT2D eigenvalue weighted by Gasteiger charge is -2.27. The summed E-state index contributed by atoms with van der Waals surface area (Å²) in [5.41, 5.74) is 0.989. The molecule has 1 amide bonds. The predicted molar refractivity (Wildman–Crippen MR) is 124 cm³/mol. The lowest BCUT2D eigenvalue weighted by Crippen LogP contribution is -2.38. The SMILES string of the molecule is O=C1/C(=C/c2ccc(-c3ccc(Br)cc3)o2)SC(=S)N1CCCN1CCOCC1. The van der Waals surface area contributed by atoms with Gasteiger partial charge in [-0.3, -0.25) is 14.6 Å². The molecule has 0 saturated carbocycles. The van der Waals surface area contributed by atoms with Crippen molar-refractivity contribution in [2.75, 3.05) is 39.4 Å². The van der Waals surface area contributed by atoms with Crippen LogP contribution in [0.5, 0.6) is 0 Å². The molecule has 3 heterocycles. The first-order chi connectivity index (χ1) is 14.1. The molecule has 0 spiro atoms. The number of furan rings is 1. The monoisotopic (exact) mass is 492 g/mol. The fraction of sp³-hybridized carbons (Fsp3) is 0.333. The number of nitrogens with zero attached hydrogens (tertiary/aromatic N) is 2. The molecule has 4 rings (SSSR count). The van der Waals surface area contributed by atoms with Crippen LogP contribution in [0.1, 0.15) is 12.2 Å². The molecule has 152 valence electrons. The largest absolute Gasteiger partial charge is 0.457 e. The smallest absolute Gasteiger partial charge is 0.266 e. The minimum absolute atomic E-state index is 0.0384. The van der Waals surface area contributed by atoms with Gasteiger partial charge in [-0.2, -0.15) is 0 Å². The van der Waals surface area contributed by atoms with Gasteiger partial charge in [0.25, 0.3) is 5.91 Å². The van der Waals surface area contributed by atoms with E-state index in [4.69, 9.17) is 21.4 Å². The van der Waals surface area contributed by atoms with E-state index >= 15 is 0 Å². The number of rotatable bonds is 6. The average Bonchev–Trinajstić information content (AvgIpc) is 3.29. The zero-order valence-electron chi connectivity index (χ0n) is 15.8. The number of hydrogen-bond donors (Lipinski definition) is 0. The van der Waals surface area contributed by atoms with Crippen molar-refractivity contribution in [1.82, 2.24) is 9.80 Å². The Balaban J connectivity index is 1.37. The highest BCUT2D eigenvalue weighted by Gasteiger charge is 2.32. The predicted octanol–water partition coefficient (Wildman–Crippen LogP) is 4.63. The number of thioether (sulfide) groups is 1. The molecule has 0 unspecified atom stereocenters. The second-order valence-electron chi connectivity index (χ2n) is 6.85. The Hall–Kier alpha value is -1.45. The molecule has 2 aromatic rings. The number of carbonyl (C=O) groups excluding carboxylic acids is 1. The van der Waals surface area contributed by atoms with Gasteiger partial charge in [-0.1, -0.05) is 52.0 Å². The van der Waals surface area contributed by atoms with Gasteiger partial charge in [-0.25, -0.2) is 0 Å². The summed E-state index contributed by atoms with van der Waals surface area (Å²) in [7, 11) is 0. The third-order valence-corrected chi connectivity index (χ3v) is 6.77. The van der Waals surface area contributed by atoms with E-state index in [2.05, 4.69) is 20.8 Å². The van der Waals surface area contributed by atoms with Crippen LogP contribution in [0.25, 0.3) is 17.4 Å². The van der Waals surface area contributed by atoms with Crippen LogP contribution in [-0.2, 0) is 9.53 Å². The number of amides is 1. The van der Waals surface area contributed by atoms with Crippen molar-refractivity contribution in [3.05, 3.63) is 51.5 Å². The Morgan fingerprint density at radius 1 is 1.10 bits per heavy atom. The van der Waals surface area contributed by atoms with E-state index in [0.29, 0.717) is 21.5 Å². The van der Waals surface area contributed by atoms with Gasteiger partial charge in [0.1, 0.15) is 15.8 Å². The van der Waals surface area contributed by atoms with Crippen molar-refractivity contribution in [3.63, 3.8) is 0 Å². The van der Waals surface area contributed by atoms with Crippen LogP contribution >= 0.6 is 39.9 Å². The number of morpholine rings is 1. The molecule has 0 atom stereocenters. The molecular weight excluding hydrogens is 472 g/mol. The molecule has 0 N–H and O–H groups in total. The summed E-state index contributed by atoms with van der Waals surface area (Å²) in [4.78, 5) is 17.5. The van der Waals surface area contributed by atoms with E-state index < -0.39 is 0 Å². The Bertz CT molecular complexity index is 920. The van der Waals surface area contributed by atoms with E-state index in [-0.39, 0.29) is 5.91 Å². The topological polar surface area (TPSA) is 45.9 Å². The van der Waals surface area contributed by atoms with E-state index in [9.17, 15) is 4.79 Å². The lowest BCUT2D eigenvalue weighted by atomic mass is 10.2. The summed E-state index contributed by atoms with van der Waals surface area (Å²) in [6.07, 6.45) is 2.68. The van der Waals surface area contributed by atoms with E-state index in [1.807, 2.05) is 36.4 Å². The van der Waals surface area contributed by atoms with Crippen LogP contribution in [0, 0.1) is 0 Å². The summed E-state index contributed by atoms with van der Waals surface area (Å²) in [6.45, 7) is 5.08. The molecule has 2 saturated heterocycles. The van der Waals surface area contributed by atoms with Gasteiger partial charge in [0.2, 0.25) is 0 Å². The molecule has 5 nitrogen and oxygen atoms in total. The zero-order valence-corrected chi connectivity index (χ0v) is 19.0. The van der Waals surface area contributed by atoms with Crippen molar-refractivity contribution in [1.29, 1.82) is 0 Å². The first-order valence-electron chi connectivity index (χ1n) is 9.51. The van der Waals surface area contributed by atoms with Crippen molar-refractivity contribution >= 4 is 56.2 Å². The van der Waals surface area contributed by atoms with Crippen LogP contribution in [0.2, 0.25) is 0 Å². The highest BCUT2D eigenvalue weighted by atomic mass is 79.9. The standard InChI is InChI=1S/C21H21BrN2O3S2/c22-16-4-2-15(3-5-16)18-7-6-17(27-18)14-19-20(25)24(21(28)29-19)9-1-8-23-10-12-26-13-11-23/h2-7,14H,1,8-13H2/b19-14-. The van der Waals surface area contributed by atoms with Crippen LogP contribution in [0.4, 0.5) is 0 Å². The highest BCUT2D eigenvalue weighted by Crippen LogP contribution is 2.33. The summed E-state index contributed by atoms with van der Waals surface area (Å²) in [5, 5.41) is 0. The molecule has 8 heteroatoms. The number of thiocarbonyl (C=S) groups is 1. The van der Waals surface area contributed by atoms with Gasteiger partial charge in [0.15, 0.2) is 0 Å². The number of carbonyl (C=O) groups is 1. The molecule has 0 aliphatic carbocycles. The second kappa shape index (κ2) is 9.57. The minimum Gasteiger partial charge on any atom is -0.457 e. The maximum absolute atomic E-state index is 12.8. The van der Waals surface area contributed by atoms with Crippen molar-refractivity contribution < 1.29 is 13.9 Å². The molecule has 1 aromatic carbocycles. The van der Waals surface area contributed by atoms with Crippen molar-refractivity contribution in [2.24, 2.45) is 0 Å². The lowest BCUT2D eigenvalue weighted by molar-refractivity contribution is -0.122. The Labute approximate surface area is 188 Å². The normalized spacial score (nSPS) is 19.5. The molecule has 29 heavy (non-hydrogen) atoms. The third kappa shape index (κ3) is 5.19. The quantitative estimate of drug-likeness (QED) is 0.432. The van der Waals surface area contributed by atoms with Crippen molar-refractivity contribution in [2.45, 2.75) is 6.42 Å². The van der Waals surface area contributed by atoms with Gasteiger partial charge >= 0.3 is 0 Å². The third-order valence-electron chi connectivity index (χ3n) is 4.86. The van der Waals surface area contributed by atoms with Gasteiger partial charge in [-0.15, -0.1) is 0 Å². The maximum atomic E-state index is 12.8. The minimum atomic E-state index is -0.0384. The van der Waals surface area contributed by atoms with E-state index in [1.54, 1.807) is 11.0 Å². The number of benzene rings is 1. The number of halogens is 1. The zero-order chi connectivity index (χ0) is 20.2. The fourth-order valence-electron chi connectivity index (χ4n) is 3.30. The van der Waals surface area contributed by atoms with E-state index in [0.717, 1.165) is 55.1 Å². The first-order valence-corrected chi connectivity index (χ1v) is 11.5. The van der Waals surface area contributed by atoms with Gasteiger partial charge in [-0.05, 0) is 30.7 Å². The first kappa shape index (κ1) is 20.8. The maximum Gasteiger partial charge on any atom is 0.266 e. The van der Waals surface area contributed by atoms with Crippen molar-refractivity contribution in [3.8, 4) is 11.3 Å². The molecule has 2 aliphatic heterocycles. The summed E-state index contributed by atoms with van der Waals surface area (Å²) >= 11 is 10.2. The summed E-state index contributed by atoms with van der Waals surface area (Å²) < 4.78 is 12.9. The second-order valence-corrected chi connectivity index (χ2v) is 9.44. The van der Waals surface area contributed by atoms with E-state index in [1.165, 1.54) is 11.8 Å². The molecule has 0 bridgehead atoms. The van der Waals surface area contributed by atoms with Crippen LogP contribution < -0.4 is 0 Å². The summed E-state index contributed by atoms with van der Waals surface area (Å²) in [5.74, 6) is 1.38. The molecule has 2 aliphatic rings. The Kier molecular flexibility index (Phi) is 6.87. The number of hydrogen-bond acceptors (Lipinski definition) is 6. The highest BCUT2D eigenvalue weighted by molar-refractivity contribution is 9.10. The van der Waals surface area contributed by atoms with Crippen LogP contribution in [-0.4, -0.2) is 59.4 Å². The van der Waals surface area contributed by atoms with Gasteiger partial charge < -0.3 is 9.15 Å². The molecule has 2 fully saturated rings. The summed E-state index contributed by atoms with van der Waals surface area (Å²) in [6, 6.07) is 11.7. The van der Waals surface area contributed by atoms with Gasteiger partial charge in [0.05, 0.1) is 18.1 Å². The molecule has 0 radical (unpaired) electrons. The Morgan fingerprint density at radius 2 is 1.86 bits per heavy atom. The fourth-order valence-corrected chi connectivity index (χ4v) is 4.85.